The van der Waals surface area contributed by atoms with Crippen LogP contribution in [-0.2, 0) is 4.79 Å². The van der Waals surface area contributed by atoms with Gasteiger partial charge in [0.15, 0.2) is 0 Å². The van der Waals surface area contributed by atoms with Crippen molar-refractivity contribution in [1.82, 2.24) is 4.98 Å². The van der Waals surface area contributed by atoms with Crippen molar-refractivity contribution in [2.75, 3.05) is 18.0 Å². The highest BCUT2D eigenvalue weighted by molar-refractivity contribution is 5.71. The molecule has 7 heteroatoms. The van der Waals surface area contributed by atoms with Crippen LogP contribution in [0.1, 0.15) is 12.8 Å². The zero-order valence-electron chi connectivity index (χ0n) is 9.65. The molecule has 1 saturated heterocycles. The number of carboxylic acid groups (broad SMARTS) is 1. The molecule has 0 radical (unpaired) electrons. The third kappa shape index (κ3) is 2.55. The molecule has 1 aromatic rings. The molecule has 1 aliphatic heterocycles. The van der Waals surface area contributed by atoms with Gasteiger partial charge in [-0.3, -0.25) is 14.9 Å². The zero-order chi connectivity index (χ0) is 13.1. The summed E-state index contributed by atoms with van der Waals surface area (Å²) in [6.07, 6.45) is 2.65. The second-order valence-corrected chi connectivity index (χ2v) is 4.26. The molecule has 0 aromatic carbocycles. The van der Waals surface area contributed by atoms with Gasteiger partial charge in [-0.25, -0.2) is 4.98 Å². The van der Waals surface area contributed by atoms with E-state index in [2.05, 4.69) is 4.98 Å². The summed E-state index contributed by atoms with van der Waals surface area (Å²) < 4.78 is 0. The molecule has 18 heavy (non-hydrogen) atoms. The zero-order valence-corrected chi connectivity index (χ0v) is 9.65. The molecule has 1 fully saturated rings. The van der Waals surface area contributed by atoms with Crippen LogP contribution in [0.15, 0.2) is 18.3 Å². The van der Waals surface area contributed by atoms with E-state index in [1.165, 1.54) is 12.3 Å². The minimum atomic E-state index is -0.804. The van der Waals surface area contributed by atoms with Crippen molar-refractivity contribution >= 4 is 17.5 Å². The van der Waals surface area contributed by atoms with Gasteiger partial charge in [-0.05, 0) is 18.9 Å². The predicted octanol–water partition coefficient (Wildman–Crippen LogP) is 1.29. The van der Waals surface area contributed by atoms with E-state index in [1.54, 1.807) is 6.07 Å². The number of aliphatic carboxylic acids is 1. The van der Waals surface area contributed by atoms with Crippen LogP contribution in [0.4, 0.5) is 11.5 Å². The molecule has 1 aromatic heterocycles. The van der Waals surface area contributed by atoms with Gasteiger partial charge in [-0.15, -0.1) is 0 Å². The van der Waals surface area contributed by atoms with E-state index in [0.717, 1.165) is 13.0 Å². The van der Waals surface area contributed by atoms with Gasteiger partial charge in [0.05, 0.1) is 10.8 Å². The van der Waals surface area contributed by atoms with Crippen LogP contribution in [0.2, 0.25) is 0 Å². The van der Waals surface area contributed by atoms with Crippen molar-refractivity contribution in [3.8, 4) is 0 Å². The van der Waals surface area contributed by atoms with Crippen LogP contribution in [0, 0.1) is 16.0 Å². The number of nitro groups is 1. The molecule has 2 rings (SSSR count). The second-order valence-electron chi connectivity index (χ2n) is 4.26. The molecule has 96 valence electrons. The van der Waals surface area contributed by atoms with E-state index < -0.39 is 16.8 Å². The Hall–Kier alpha value is -2.18. The molecule has 1 atom stereocenters. The van der Waals surface area contributed by atoms with E-state index in [0.29, 0.717) is 18.8 Å². The second kappa shape index (κ2) is 4.99. The van der Waals surface area contributed by atoms with Gasteiger partial charge in [0.1, 0.15) is 12.0 Å². The first-order valence-electron chi connectivity index (χ1n) is 5.66. The van der Waals surface area contributed by atoms with Gasteiger partial charge >= 0.3 is 5.97 Å². The first-order chi connectivity index (χ1) is 8.58. The van der Waals surface area contributed by atoms with Crippen LogP contribution in [0.3, 0.4) is 0 Å². The highest BCUT2D eigenvalue weighted by atomic mass is 16.6. The Morgan fingerprint density at radius 1 is 1.56 bits per heavy atom. The fourth-order valence-electron chi connectivity index (χ4n) is 2.06. The lowest BCUT2D eigenvalue weighted by Crippen LogP contribution is -2.39. The fraction of sp³-hybridized carbons (Fsp3) is 0.455. The molecule has 0 unspecified atom stereocenters. The first kappa shape index (κ1) is 12.3. The van der Waals surface area contributed by atoms with Crippen molar-refractivity contribution in [3.05, 3.63) is 28.4 Å². The van der Waals surface area contributed by atoms with Crippen LogP contribution >= 0.6 is 0 Å². The summed E-state index contributed by atoms with van der Waals surface area (Å²) in [6, 6.07) is 2.94. The molecule has 0 bridgehead atoms. The number of hydrogen-bond donors (Lipinski definition) is 1. The third-order valence-electron chi connectivity index (χ3n) is 3.04. The fourth-order valence-corrected chi connectivity index (χ4v) is 2.06. The summed E-state index contributed by atoms with van der Waals surface area (Å²) in [5.74, 6) is -0.607. The molecule has 0 saturated carbocycles. The van der Waals surface area contributed by atoms with Crippen LogP contribution in [0.25, 0.3) is 0 Å². The Morgan fingerprint density at radius 2 is 2.33 bits per heavy atom. The Kier molecular flexibility index (Phi) is 3.40. The Balaban J connectivity index is 2.11. The quantitative estimate of drug-likeness (QED) is 0.642. The minimum Gasteiger partial charge on any atom is -0.481 e. The van der Waals surface area contributed by atoms with Gasteiger partial charge in [0, 0.05) is 19.2 Å². The lowest BCUT2D eigenvalue weighted by molar-refractivity contribution is -0.385. The molecule has 0 amide bonds. The number of carboxylic acids is 1. The summed E-state index contributed by atoms with van der Waals surface area (Å²) in [5, 5.41) is 19.5. The number of hydrogen-bond acceptors (Lipinski definition) is 5. The normalized spacial score (nSPS) is 19.6. The van der Waals surface area contributed by atoms with Crippen molar-refractivity contribution in [1.29, 1.82) is 0 Å². The van der Waals surface area contributed by atoms with E-state index in [4.69, 9.17) is 5.11 Å². The average molecular weight is 251 g/mol. The average Bonchev–Trinajstić information content (AvgIpc) is 2.39. The minimum absolute atomic E-state index is 0.0643. The van der Waals surface area contributed by atoms with Crippen molar-refractivity contribution in [2.45, 2.75) is 12.8 Å². The topological polar surface area (TPSA) is 96.6 Å². The van der Waals surface area contributed by atoms with Crippen molar-refractivity contribution < 1.29 is 14.8 Å². The van der Waals surface area contributed by atoms with Gasteiger partial charge in [0.25, 0.3) is 5.69 Å². The highest BCUT2D eigenvalue weighted by Crippen LogP contribution is 2.23. The van der Waals surface area contributed by atoms with Crippen LogP contribution < -0.4 is 4.90 Å². The largest absolute Gasteiger partial charge is 0.481 e. The van der Waals surface area contributed by atoms with E-state index >= 15 is 0 Å². The van der Waals surface area contributed by atoms with Gasteiger partial charge < -0.3 is 10.0 Å². The van der Waals surface area contributed by atoms with E-state index in [9.17, 15) is 14.9 Å². The van der Waals surface area contributed by atoms with E-state index in [1.807, 2.05) is 4.90 Å². The number of nitrogens with zero attached hydrogens (tertiary/aromatic N) is 3. The Bertz CT molecular complexity index is 460. The van der Waals surface area contributed by atoms with Gasteiger partial charge in [-0.1, -0.05) is 0 Å². The van der Waals surface area contributed by atoms with Crippen LogP contribution in [0.5, 0.6) is 0 Å². The maximum absolute atomic E-state index is 10.9. The summed E-state index contributed by atoms with van der Waals surface area (Å²) in [4.78, 5) is 26.8. The number of piperidine rings is 1. The van der Waals surface area contributed by atoms with Gasteiger partial charge in [-0.2, -0.15) is 0 Å². The monoisotopic (exact) mass is 251 g/mol. The Labute approximate surface area is 103 Å². The first-order valence-corrected chi connectivity index (χ1v) is 5.66. The highest BCUT2D eigenvalue weighted by Gasteiger charge is 2.26. The molecule has 2 heterocycles. The lowest BCUT2D eigenvalue weighted by atomic mass is 9.98. The molecule has 0 aliphatic carbocycles. The SMILES string of the molecule is O=C(O)[C@H]1CCCN(c2ccc([N+](=O)[O-])cn2)C1. The molecule has 1 aliphatic rings. The number of rotatable bonds is 3. The van der Waals surface area contributed by atoms with Crippen molar-refractivity contribution in [2.24, 2.45) is 5.92 Å². The maximum Gasteiger partial charge on any atom is 0.308 e. The maximum atomic E-state index is 10.9. The third-order valence-corrected chi connectivity index (χ3v) is 3.04. The molecule has 7 nitrogen and oxygen atoms in total. The predicted molar refractivity (Wildman–Crippen MR) is 63.5 cm³/mol. The number of aromatic nitrogens is 1. The summed E-state index contributed by atoms with van der Waals surface area (Å²) in [6.45, 7) is 1.13. The molecular formula is C11H13N3O4. The number of pyridine rings is 1. The van der Waals surface area contributed by atoms with Crippen LogP contribution in [-0.4, -0.2) is 34.1 Å². The number of anilines is 1. The number of carbonyl (C=O) groups is 1. The molecule has 1 N–H and O–H groups in total. The smallest absolute Gasteiger partial charge is 0.308 e. The van der Waals surface area contributed by atoms with Gasteiger partial charge in [0.2, 0.25) is 0 Å². The summed E-state index contributed by atoms with van der Waals surface area (Å²) in [5.41, 5.74) is -0.0643. The van der Waals surface area contributed by atoms with E-state index in [-0.39, 0.29) is 5.69 Å². The molecule has 0 spiro atoms. The summed E-state index contributed by atoms with van der Waals surface area (Å²) >= 11 is 0. The standard InChI is InChI=1S/C11H13N3O4/c15-11(16)8-2-1-5-13(7-8)10-4-3-9(6-12-10)14(17)18/h3-4,6,8H,1-2,5,7H2,(H,15,16)/t8-/m0/s1. The Morgan fingerprint density at radius 3 is 2.89 bits per heavy atom. The molecular weight excluding hydrogens is 238 g/mol. The van der Waals surface area contributed by atoms with Crippen molar-refractivity contribution in [3.63, 3.8) is 0 Å². The lowest BCUT2D eigenvalue weighted by Gasteiger charge is -2.31. The summed E-state index contributed by atoms with van der Waals surface area (Å²) in [7, 11) is 0.